The van der Waals surface area contributed by atoms with Crippen molar-refractivity contribution in [2.75, 3.05) is 6.54 Å². The maximum absolute atomic E-state index is 13.2. The Kier molecular flexibility index (Phi) is 4.75. The Morgan fingerprint density at radius 2 is 2.35 bits per heavy atom. The van der Waals surface area contributed by atoms with E-state index in [0.29, 0.717) is 17.0 Å². The molecule has 0 bridgehead atoms. The molecule has 1 fully saturated rings. The second-order valence-electron chi connectivity index (χ2n) is 5.06. The fourth-order valence-corrected chi connectivity index (χ4v) is 2.32. The molecule has 2 rings (SSSR count). The van der Waals surface area contributed by atoms with Crippen molar-refractivity contribution in [1.29, 1.82) is 0 Å². The third kappa shape index (κ3) is 3.58. The molecule has 4 heteroatoms. The van der Waals surface area contributed by atoms with Crippen LogP contribution in [0.1, 0.15) is 42.1 Å². The fourth-order valence-electron chi connectivity index (χ4n) is 2.32. The lowest BCUT2D eigenvalue weighted by atomic mass is 10.1. The van der Waals surface area contributed by atoms with Crippen LogP contribution in [-0.4, -0.2) is 18.5 Å². The predicted octanol–water partition coefficient (Wildman–Crippen LogP) is 2.05. The molecule has 106 valence electrons. The smallest absolute Gasteiger partial charge is 0.252 e. The molecule has 2 unspecified atom stereocenters. The molecule has 1 amide bonds. The van der Waals surface area contributed by atoms with Gasteiger partial charge in [-0.15, -0.1) is 0 Å². The minimum atomic E-state index is -0.404. The highest BCUT2D eigenvalue weighted by molar-refractivity contribution is 5.97. The molecule has 20 heavy (non-hydrogen) atoms. The Balaban J connectivity index is 2.09. The lowest BCUT2D eigenvalue weighted by molar-refractivity contribution is 0.0948. The summed E-state index contributed by atoms with van der Waals surface area (Å²) in [5.74, 6) is 5.40. The molecule has 1 saturated carbocycles. The summed E-state index contributed by atoms with van der Waals surface area (Å²) < 4.78 is 13.2. The minimum Gasteiger partial charge on any atom is -0.349 e. The van der Waals surface area contributed by atoms with Crippen LogP contribution in [-0.2, 0) is 0 Å². The number of amides is 1. The van der Waals surface area contributed by atoms with Gasteiger partial charge in [0, 0.05) is 11.6 Å². The van der Waals surface area contributed by atoms with E-state index >= 15 is 0 Å². The van der Waals surface area contributed by atoms with Crippen LogP contribution in [0.15, 0.2) is 18.2 Å². The summed E-state index contributed by atoms with van der Waals surface area (Å²) in [6.07, 6.45) is 3.29. The van der Waals surface area contributed by atoms with Gasteiger partial charge in [-0.1, -0.05) is 25.2 Å². The summed E-state index contributed by atoms with van der Waals surface area (Å²) in [5.41, 5.74) is 6.12. The molecule has 1 aromatic carbocycles. The maximum Gasteiger partial charge on any atom is 0.252 e. The van der Waals surface area contributed by atoms with E-state index in [1.807, 2.05) is 0 Å². The third-order valence-corrected chi connectivity index (χ3v) is 3.45. The van der Waals surface area contributed by atoms with Gasteiger partial charge in [0.1, 0.15) is 5.82 Å². The van der Waals surface area contributed by atoms with Gasteiger partial charge in [-0.05, 0) is 37.0 Å². The number of carbonyl (C=O) groups is 1. The van der Waals surface area contributed by atoms with Gasteiger partial charge in [-0.2, -0.15) is 0 Å². The zero-order valence-electron chi connectivity index (χ0n) is 11.6. The van der Waals surface area contributed by atoms with E-state index in [-0.39, 0.29) is 18.5 Å². The molecule has 0 aliphatic heterocycles. The highest BCUT2D eigenvalue weighted by Crippen LogP contribution is 2.34. The normalized spacial score (nSPS) is 19.9. The van der Waals surface area contributed by atoms with Crippen molar-refractivity contribution in [3.63, 3.8) is 0 Å². The molecule has 2 atom stereocenters. The summed E-state index contributed by atoms with van der Waals surface area (Å²) in [5, 5.41) is 2.98. The zero-order chi connectivity index (χ0) is 14.5. The van der Waals surface area contributed by atoms with Gasteiger partial charge in [0.15, 0.2) is 0 Å². The lowest BCUT2D eigenvalue weighted by Crippen LogP contribution is -2.27. The Morgan fingerprint density at radius 1 is 1.55 bits per heavy atom. The summed E-state index contributed by atoms with van der Waals surface area (Å²) in [6, 6.07) is 4.28. The molecule has 0 aromatic heterocycles. The predicted molar refractivity (Wildman–Crippen MR) is 76.6 cm³/mol. The summed E-state index contributed by atoms with van der Waals surface area (Å²) in [6.45, 7) is 2.32. The van der Waals surface area contributed by atoms with Gasteiger partial charge in [0.25, 0.3) is 5.91 Å². The van der Waals surface area contributed by atoms with Crippen LogP contribution in [0, 0.1) is 23.6 Å². The Morgan fingerprint density at radius 3 is 3.05 bits per heavy atom. The quantitative estimate of drug-likeness (QED) is 0.826. The molecule has 0 radical (unpaired) electrons. The van der Waals surface area contributed by atoms with E-state index in [4.69, 9.17) is 5.73 Å². The van der Waals surface area contributed by atoms with E-state index in [2.05, 4.69) is 24.1 Å². The fraction of sp³-hybridized carbons (Fsp3) is 0.438. The van der Waals surface area contributed by atoms with Crippen LogP contribution in [0.25, 0.3) is 0 Å². The van der Waals surface area contributed by atoms with E-state index in [1.165, 1.54) is 18.2 Å². The summed E-state index contributed by atoms with van der Waals surface area (Å²) in [4.78, 5) is 12.2. The van der Waals surface area contributed by atoms with E-state index in [0.717, 1.165) is 19.3 Å². The monoisotopic (exact) mass is 274 g/mol. The number of hydrogen-bond acceptors (Lipinski definition) is 2. The number of nitrogens with one attached hydrogen (secondary N) is 1. The third-order valence-electron chi connectivity index (χ3n) is 3.45. The molecule has 0 saturated heterocycles. The number of nitrogens with two attached hydrogens (primary N) is 1. The molecule has 3 nitrogen and oxygen atoms in total. The number of carbonyl (C=O) groups excluding carboxylic acids is 1. The zero-order valence-corrected chi connectivity index (χ0v) is 11.6. The summed E-state index contributed by atoms with van der Waals surface area (Å²) >= 11 is 0. The number of halogens is 1. The standard InChI is InChI=1S/C16H19FN2O/c1-2-4-12-10-15(12)19-16(20)14-7-6-13(17)9-11(14)5-3-8-18/h6-7,9,12,15H,2,4,8,10,18H2,1H3,(H,19,20). The highest BCUT2D eigenvalue weighted by Gasteiger charge is 2.37. The molecule has 0 heterocycles. The molecular formula is C16H19FN2O. The molecule has 3 N–H and O–H groups in total. The minimum absolute atomic E-state index is 0.179. The first-order valence-corrected chi connectivity index (χ1v) is 6.95. The van der Waals surface area contributed by atoms with E-state index in [9.17, 15) is 9.18 Å². The van der Waals surface area contributed by atoms with Crippen molar-refractivity contribution in [2.45, 2.75) is 32.2 Å². The Labute approximate surface area is 118 Å². The first-order valence-electron chi connectivity index (χ1n) is 6.95. The van der Waals surface area contributed by atoms with Crippen molar-refractivity contribution in [3.05, 3.63) is 35.1 Å². The SMILES string of the molecule is CCCC1CC1NC(=O)c1ccc(F)cc1C#CCN. The van der Waals surface area contributed by atoms with Crippen LogP contribution in [0.3, 0.4) is 0 Å². The van der Waals surface area contributed by atoms with Gasteiger partial charge >= 0.3 is 0 Å². The molecule has 1 aromatic rings. The van der Waals surface area contributed by atoms with Crippen LogP contribution < -0.4 is 11.1 Å². The Hall–Kier alpha value is -1.86. The average molecular weight is 274 g/mol. The van der Waals surface area contributed by atoms with Crippen molar-refractivity contribution in [2.24, 2.45) is 11.7 Å². The van der Waals surface area contributed by atoms with Gasteiger partial charge in [-0.3, -0.25) is 4.79 Å². The van der Waals surface area contributed by atoms with Crippen LogP contribution >= 0.6 is 0 Å². The summed E-state index contributed by atoms with van der Waals surface area (Å²) in [7, 11) is 0. The van der Waals surface area contributed by atoms with Crippen molar-refractivity contribution < 1.29 is 9.18 Å². The first kappa shape index (κ1) is 14.5. The second-order valence-corrected chi connectivity index (χ2v) is 5.06. The molecular weight excluding hydrogens is 255 g/mol. The van der Waals surface area contributed by atoms with E-state index in [1.54, 1.807) is 0 Å². The van der Waals surface area contributed by atoms with Crippen molar-refractivity contribution in [1.82, 2.24) is 5.32 Å². The van der Waals surface area contributed by atoms with Crippen LogP contribution in [0.2, 0.25) is 0 Å². The van der Waals surface area contributed by atoms with Crippen molar-refractivity contribution in [3.8, 4) is 11.8 Å². The topological polar surface area (TPSA) is 55.1 Å². The largest absolute Gasteiger partial charge is 0.349 e. The molecule has 1 aliphatic rings. The van der Waals surface area contributed by atoms with Gasteiger partial charge < -0.3 is 11.1 Å². The van der Waals surface area contributed by atoms with Crippen LogP contribution in [0.5, 0.6) is 0 Å². The number of hydrogen-bond donors (Lipinski definition) is 2. The average Bonchev–Trinajstić information content (AvgIpc) is 3.14. The van der Waals surface area contributed by atoms with Gasteiger partial charge in [-0.25, -0.2) is 4.39 Å². The maximum atomic E-state index is 13.2. The van der Waals surface area contributed by atoms with Gasteiger partial charge in [0.2, 0.25) is 0 Å². The number of benzene rings is 1. The lowest BCUT2D eigenvalue weighted by Gasteiger charge is -2.07. The van der Waals surface area contributed by atoms with E-state index < -0.39 is 5.82 Å². The van der Waals surface area contributed by atoms with Gasteiger partial charge in [0.05, 0.1) is 12.1 Å². The Bertz CT molecular complexity index is 559. The van der Waals surface area contributed by atoms with Crippen LogP contribution in [0.4, 0.5) is 4.39 Å². The second kappa shape index (κ2) is 6.53. The number of rotatable bonds is 4. The van der Waals surface area contributed by atoms with Crippen molar-refractivity contribution >= 4 is 5.91 Å². The molecule has 0 spiro atoms. The molecule has 1 aliphatic carbocycles. The highest BCUT2D eigenvalue weighted by atomic mass is 19.1. The first-order chi connectivity index (χ1) is 9.65.